The van der Waals surface area contributed by atoms with Crippen molar-refractivity contribution in [3.8, 4) is 0 Å². The van der Waals surface area contributed by atoms with Crippen LogP contribution in [0.15, 0.2) is 107 Å². The summed E-state index contributed by atoms with van der Waals surface area (Å²) in [5, 5.41) is 9.49. The number of halogens is 1. The molecule has 2 amide bonds. The fraction of sp³-hybridized carbons (Fsp3) is 0.125. The summed E-state index contributed by atoms with van der Waals surface area (Å²) in [5.74, 6) is -3.07. The van der Waals surface area contributed by atoms with Crippen LogP contribution in [-0.2, 0) is 15.0 Å². The number of hydrogen-bond donors (Lipinski definition) is 1. The molecule has 39 heavy (non-hydrogen) atoms. The van der Waals surface area contributed by atoms with E-state index in [2.05, 4.69) is 15.9 Å². The predicted octanol–water partition coefficient (Wildman–Crippen LogP) is 6.10. The number of nitrogens with zero attached hydrogens (tertiary/aromatic N) is 2. The Labute approximate surface area is 232 Å². The Bertz CT molecular complexity index is 1680. The lowest BCUT2D eigenvalue weighted by Crippen LogP contribution is -2.54. The van der Waals surface area contributed by atoms with Crippen molar-refractivity contribution in [1.29, 1.82) is 0 Å². The fourth-order valence-corrected chi connectivity index (χ4v) is 7.05. The topological polar surface area (TPSA) is 87.0 Å². The summed E-state index contributed by atoms with van der Waals surface area (Å²) in [6.07, 6.45) is 1.77. The van der Waals surface area contributed by atoms with Crippen molar-refractivity contribution < 1.29 is 19.5 Å². The molecule has 1 aliphatic heterocycles. The average Bonchev–Trinajstić information content (AvgIpc) is 3.23. The normalized spacial score (nSPS) is 24.5. The molecule has 7 heteroatoms. The lowest BCUT2D eigenvalue weighted by molar-refractivity contribution is -0.122. The van der Waals surface area contributed by atoms with Crippen LogP contribution in [0.1, 0.15) is 38.5 Å². The van der Waals surface area contributed by atoms with E-state index in [0.717, 1.165) is 26.7 Å². The van der Waals surface area contributed by atoms with Gasteiger partial charge in [-0.15, -0.1) is 0 Å². The summed E-state index contributed by atoms with van der Waals surface area (Å²) >= 11 is 3.44. The molecule has 4 aromatic rings. The highest BCUT2D eigenvalue weighted by Gasteiger charge is 2.67. The third kappa shape index (κ3) is 3.26. The number of benzene rings is 4. The molecule has 4 aromatic carbocycles. The Balaban J connectivity index is 1.48. The maximum Gasteiger partial charge on any atom is 0.335 e. The molecule has 190 valence electrons. The number of carboxylic acid groups (broad SMARTS) is 1. The van der Waals surface area contributed by atoms with Crippen LogP contribution in [0.4, 0.5) is 11.4 Å². The highest BCUT2D eigenvalue weighted by Crippen LogP contribution is 2.63. The van der Waals surface area contributed by atoms with Crippen LogP contribution in [-0.4, -0.2) is 29.1 Å². The number of carbonyl (C=O) groups is 3. The van der Waals surface area contributed by atoms with Crippen molar-refractivity contribution in [3.63, 3.8) is 0 Å². The van der Waals surface area contributed by atoms with E-state index in [4.69, 9.17) is 4.99 Å². The van der Waals surface area contributed by atoms with Gasteiger partial charge in [0.15, 0.2) is 0 Å². The molecule has 0 aromatic heterocycles. The molecule has 1 fully saturated rings. The molecule has 2 bridgehead atoms. The molecule has 4 aliphatic rings. The van der Waals surface area contributed by atoms with E-state index < -0.39 is 23.2 Å². The second-order valence-electron chi connectivity index (χ2n) is 10.1. The second kappa shape index (κ2) is 8.58. The molecule has 1 saturated heterocycles. The van der Waals surface area contributed by atoms with Crippen molar-refractivity contribution in [2.45, 2.75) is 11.3 Å². The van der Waals surface area contributed by atoms with Crippen LogP contribution >= 0.6 is 15.9 Å². The van der Waals surface area contributed by atoms with E-state index in [1.807, 2.05) is 60.7 Å². The van der Waals surface area contributed by atoms with E-state index in [1.54, 1.807) is 30.5 Å². The van der Waals surface area contributed by atoms with Gasteiger partial charge in [0.05, 0.1) is 34.2 Å². The number of amides is 2. The largest absolute Gasteiger partial charge is 0.478 e. The Morgan fingerprint density at radius 3 is 2.13 bits per heavy atom. The summed E-state index contributed by atoms with van der Waals surface area (Å²) in [4.78, 5) is 46.2. The Morgan fingerprint density at radius 1 is 0.846 bits per heavy atom. The molecule has 6 nitrogen and oxygen atoms in total. The van der Waals surface area contributed by atoms with E-state index in [9.17, 15) is 19.5 Å². The van der Waals surface area contributed by atoms with Gasteiger partial charge < -0.3 is 5.11 Å². The van der Waals surface area contributed by atoms with Gasteiger partial charge in [-0.25, -0.2) is 9.69 Å². The summed E-state index contributed by atoms with van der Waals surface area (Å²) in [7, 11) is 0. The van der Waals surface area contributed by atoms with Gasteiger partial charge in [0, 0.05) is 16.6 Å². The van der Waals surface area contributed by atoms with E-state index in [0.29, 0.717) is 11.4 Å². The summed E-state index contributed by atoms with van der Waals surface area (Å²) in [5.41, 5.74) is 4.05. The minimum atomic E-state index is -1.04. The standard InChI is InChI=1S/C32H21BrN2O4/c33-19-12-14-21(15-13-19)35-29(36)27-26-22-8-1-3-10-24(22)32(28(27)30(35)37,25-11-4-2-9-23(25)26)17-34-20-7-5-6-18(16-20)31(38)39/h1-17,26-28H,(H,38,39). The van der Waals surface area contributed by atoms with Gasteiger partial charge in [-0.05, 0) is 64.7 Å². The van der Waals surface area contributed by atoms with E-state index in [-0.39, 0.29) is 23.3 Å². The van der Waals surface area contributed by atoms with Gasteiger partial charge >= 0.3 is 5.97 Å². The third-order valence-corrected chi connectivity index (χ3v) is 8.81. The van der Waals surface area contributed by atoms with Crippen molar-refractivity contribution >= 4 is 51.3 Å². The average molecular weight is 577 g/mol. The maximum atomic E-state index is 14.4. The minimum absolute atomic E-state index is 0.127. The van der Waals surface area contributed by atoms with Gasteiger partial charge in [-0.3, -0.25) is 14.6 Å². The highest BCUT2D eigenvalue weighted by atomic mass is 79.9. The van der Waals surface area contributed by atoms with Gasteiger partial charge in [0.25, 0.3) is 0 Å². The smallest absolute Gasteiger partial charge is 0.335 e. The first-order chi connectivity index (χ1) is 18.9. The monoisotopic (exact) mass is 576 g/mol. The molecule has 0 spiro atoms. The van der Waals surface area contributed by atoms with Crippen LogP contribution in [0.2, 0.25) is 0 Å². The lowest BCUT2D eigenvalue weighted by Gasteiger charge is -2.52. The van der Waals surface area contributed by atoms with E-state index in [1.165, 1.54) is 17.0 Å². The van der Waals surface area contributed by atoms with E-state index >= 15 is 0 Å². The van der Waals surface area contributed by atoms with Crippen LogP contribution in [0.25, 0.3) is 0 Å². The van der Waals surface area contributed by atoms with Crippen molar-refractivity contribution in [3.05, 3.63) is 129 Å². The molecule has 2 atom stereocenters. The van der Waals surface area contributed by atoms with Crippen LogP contribution in [0.3, 0.4) is 0 Å². The number of carboxylic acids is 1. The van der Waals surface area contributed by atoms with Crippen LogP contribution in [0.5, 0.6) is 0 Å². The van der Waals surface area contributed by atoms with Gasteiger partial charge in [0.2, 0.25) is 11.8 Å². The number of aliphatic imine (C=N–C) groups is 1. The minimum Gasteiger partial charge on any atom is -0.478 e. The quantitative estimate of drug-likeness (QED) is 0.235. The summed E-state index contributed by atoms with van der Waals surface area (Å²) in [6.45, 7) is 0. The number of carbonyl (C=O) groups excluding carboxylic acids is 2. The zero-order valence-electron chi connectivity index (χ0n) is 20.5. The first kappa shape index (κ1) is 23.7. The third-order valence-electron chi connectivity index (χ3n) is 8.28. The molecule has 3 aliphatic carbocycles. The zero-order chi connectivity index (χ0) is 26.9. The first-order valence-electron chi connectivity index (χ1n) is 12.6. The van der Waals surface area contributed by atoms with Crippen LogP contribution in [0, 0.1) is 11.8 Å². The lowest BCUT2D eigenvalue weighted by atomic mass is 9.47. The fourth-order valence-electron chi connectivity index (χ4n) is 6.79. The van der Waals surface area contributed by atoms with Crippen molar-refractivity contribution in [2.75, 3.05) is 4.90 Å². The van der Waals surface area contributed by atoms with Crippen molar-refractivity contribution in [1.82, 2.24) is 0 Å². The van der Waals surface area contributed by atoms with Gasteiger partial charge in [-0.2, -0.15) is 0 Å². The zero-order valence-corrected chi connectivity index (χ0v) is 22.1. The molecule has 1 N–H and O–H groups in total. The van der Waals surface area contributed by atoms with Crippen molar-refractivity contribution in [2.24, 2.45) is 16.8 Å². The Hall–Kier alpha value is -4.36. The Morgan fingerprint density at radius 2 is 1.49 bits per heavy atom. The number of anilines is 1. The molecule has 8 rings (SSSR count). The number of rotatable bonds is 4. The molecule has 1 heterocycles. The highest BCUT2D eigenvalue weighted by molar-refractivity contribution is 9.10. The SMILES string of the molecule is O=C(O)c1cccc(N=CC23c4ccccc4C(c4ccccc42)C2C(=O)N(c4ccc(Br)cc4)C(=O)C23)c1. The summed E-state index contributed by atoms with van der Waals surface area (Å²) < 4.78 is 0.856. The summed E-state index contributed by atoms with van der Waals surface area (Å²) in [6, 6.07) is 29.6. The maximum absolute atomic E-state index is 14.4. The molecule has 0 radical (unpaired) electrons. The molecular weight excluding hydrogens is 556 g/mol. The van der Waals surface area contributed by atoms with Gasteiger partial charge in [0.1, 0.15) is 0 Å². The molecule has 2 unspecified atom stereocenters. The number of hydrogen-bond acceptors (Lipinski definition) is 4. The number of imide groups is 1. The molecule has 0 saturated carbocycles. The molecular formula is C32H21BrN2O4. The van der Waals surface area contributed by atoms with Gasteiger partial charge in [-0.1, -0.05) is 70.5 Å². The predicted molar refractivity (Wildman–Crippen MR) is 151 cm³/mol. The Kier molecular flexibility index (Phi) is 5.22. The first-order valence-corrected chi connectivity index (χ1v) is 13.4. The second-order valence-corrected chi connectivity index (χ2v) is 11.0. The van der Waals surface area contributed by atoms with Crippen LogP contribution < -0.4 is 4.90 Å². The number of aromatic carboxylic acids is 1.